The highest BCUT2D eigenvalue weighted by Gasteiger charge is 2.24. The summed E-state index contributed by atoms with van der Waals surface area (Å²) in [7, 11) is 0. The molecule has 1 aliphatic rings. The van der Waals surface area contributed by atoms with Gasteiger partial charge in [-0.05, 0) is 74.2 Å². The normalized spacial score (nSPS) is 11.0. The van der Waals surface area contributed by atoms with E-state index in [-0.39, 0.29) is 0 Å². The van der Waals surface area contributed by atoms with Crippen molar-refractivity contribution in [1.82, 2.24) is 0 Å². The van der Waals surface area contributed by atoms with Crippen molar-refractivity contribution in [2.45, 2.75) is 142 Å². The van der Waals surface area contributed by atoms with Crippen LogP contribution in [0.1, 0.15) is 162 Å². The molecule has 0 radical (unpaired) electrons. The molecule has 0 amide bonds. The van der Waals surface area contributed by atoms with E-state index in [2.05, 4.69) is 205 Å². The Balaban J connectivity index is 0.000000804. The van der Waals surface area contributed by atoms with E-state index >= 15 is 0 Å². The van der Waals surface area contributed by atoms with Crippen molar-refractivity contribution in [3.8, 4) is 11.1 Å². The summed E-state index contributed by atoms with van der Waals surface area (Å²) in [6.45, 7) is 35.1. The Morgan fingerprint density at radius 2 is 0.787 bits per heavy atom. The maximum atomic E-state index is 5.86. The van der Waals surface area contributed by atoms with E-state index in [1.807, 2.05) is 69.2 Å². The summed E-state index contributed by atoms with van der Waals surface area (Å²) in [6, 6.07) is 58.2. The fourth-order valence-electron chi connectivity index (χ4n) is 7.42. The van der Waals surface area contributed by atoms with E-state index < -0.39 is 0 Å². The molecule has 7 rings (SSSR count). The number of benzene rings is 6. The van der Waals surface area contributed by atoms with Gasteiger partial charge in [0.25, 0.3) is 0 Å². The molecule has 0 saturated carbocycles. The zero-order chi connectivity index (χ0) is 46.0. The van der Waals surface area contributed by atoms with E-state index in [0.717, 1.165) is 6.42 Å². The average molecular weight is 823 g/mol. The number of hydrogen-bond donors (Lipinski definition) is 0. The van der Waals surface area contributed by atoms with E-state index in [1.54, 1.807) is 0 Å². The highest BCUT2D eigenvalue weighted by atomic mass is 16.5. The predicted molar refractivity (Wildman–Crippen MR) is 275 cm³/mol. The largest absolute Gasteiger partial charge is 0.372 e. The topological polar surface area (TPSA) is 9.23 Å². The van der Waals surface area contributed by atoms with Crippen LogP contribution in [0.4, 0.5) is 0 Å². The van der Waals surface area contributed by atoms with Crippen molar-refractivity contribution in [1.29, 1.82) is 0 Å². The molecule has 0 N–H and O–H groups in total. The van der Waals surface area contributed by atoms with Gasteiger partial charge in [0.1, 0.15) is 0 Å². The van der Waals surface area contributed by atoms with Crippen LogP contribution in [0.2, 0.25) is 0 Å². The molecule has 1 aliphatic heterocycles. The third-order valence-corrected chi connectivity index (χ3v) is 9.68. The maximum absolute atomic E-state index is 5.86. The third-order valence-electron chi connectivity index (χ3n) is 9.68. The van der Waals surface area contributed by atoms with Gasteiger partial charge in [-0.2, -0.15) is 0 Å². The minimum Gasteiger partial charge on any atom is -0.372 e. The van der Waals surface area contributed by atoms with Crippen LogP contribution in [0.3, 0.4) is 0 Å². The number of fused-ring (bicyclic) bond motifs is 2. The third kappa shape index (κ3) is 19.3. The van der Waals surface area contributed by atoms with Gasteiger partial charge in [0.15, 0.2) is 0 Å². The zero-order valence-electron chi connectivity index (χ0n) is 41.5. The van der Waals surface area contributed by atoms with Crippen molar-refractivity contribution in [3.63, 3.8) is 0 Å². The molecule has 0 atom stereocenters. The molecule has 0 bridgehead atoms. The second kappa shape index (κ2) is 34.9. The van der Waals surface area contributed by atoms with Crippen molar-refractivity contribution < 1.29 is 4.74 Å². The van der Waals surface area contributed by atoms with Crippen LogP contribution in [-0.2, 0) is 24.4 Å². The van der Waals surface area contributed by atoms with Gasteiger partial charge in [-0.1, -0.05) is 275 Å². The molecule has 61 heavy (non-hydrogen) atoms. The number of rotatable bonds is 7. The van der Waals surface area contributed by atoms with Crippen LogP contribution in [0, 0.1) is 17.8 Å². The minimum absolute atomic E-state index is 0.469. The molecule has 1 nitrogen and oxygen atoms in total. The second-order valence-corrected chi connectivity index (χ2v) is 14.8. The summed E-state index contributed by atoms with van der Waals surface area (Å²) >= 11 is 0. The Kier molecular flexibility index (Phi) is 32.2. The lowest BCUT2D eigenvalue weighted by Crippen LogP contribution is -2.16. The first-order valence-corrected chi connectivity index (χ1v) is 23.8. The summed E-state index contributed by atoms with van der Waals surface area (Å²) in [6.07, 6.45) is 1.14. The van der Waals surface area contributed by atoms with E-state index in [4.69, 9.17) is 4.74 Å². The first kappa shape index (κ1) is 56.3. The summed E-state index contributed by atoms with van der Waals surface area (Å²) in [5.74, 6) is 2.87. The predicted octanol–water partition coefficient (Wildman–Crippen LogP) is 18.7. The molecular weight excluding hydrogens is 737 g/mol. The average Bonchev–Trinajstić information content (AvgIpc) is 3.31. The lowest BCUT2D eigenvalue weighted by molar-refractivity contribution is 0.103. The summed E-state index contributed by atoms with van der Waals surface area (Å²) in [5.41, 5.74) is 12.5. The smallest absolute Gasteiger partial charge is 0.0724 e. The molecule has 0 unspecified atom stereocenters. The molecule has 332 valence electrons. The lowest BCUT2D eigenvalue weighted by atomic mass is 9.78. The van der Waals surface area contributed by atoms with Crippen LogP contribution < -0.4 is 0 Å². The molecule has 0 aromatic heterocycles. The van der Waals surface area contributed by atoms with E-state index in [9.17, 15) is 0 Å². The molecule has 1 heteroatoms. The highest BCUT2D eigenvalue weighted by molar-refractivity contribution is 5.67. The van der Waals surface area contributed by atoms with Gasteiger partial charge < -0.3 is 4.74 Å². The van der Waals surface area contributed by atoms with Crippen LogP contribution >= 0.6 is 0 Å². The van der Waals surface area contributed by atoms with Crippen molar-refractivity contribution in [2.24, 2.45) is 17.8 Å². The first-order chi connectivity index (χ1) is 29.8. The maximum Gasteiger partial charge on any atom is 0.0724 e. The van der Waals surface area contributed by atoms with Gasteiger partial charge in [-0.15, -0.1) is 0 Å². The van der Waals surface area contributed by atoms with Crippen molar-refractivity contribution in [2.75, 3.05) is 0 Å². The van der Waals surface area contributed by atoms with Gasteiger partial charge in [0, 0.05) is 11.8 Å². The molecule has 0 saturated heterocycles. The SMILES string of the molecule is CC.CC.CC.CC.CC.CC(C)C(c1ccccc1)c1ccccc1.CC(C)C1c2ccccc2COCc2ccccc21.CC(C)Cc1ccccc1-c1ccccc1. The minimum atomic E-state index is 0.469. The van der Waals surface area contributed by atoms with Crippen LogP contribution in [0.15, 0.2) is 164 Å². The van der Waals surface area contributed by atoms with Crippen LogP contribution in [0.5, 0.6) is 0 Å². The van der Waals surface area contributed by atoms with Crippen molar-refractivity contribution in [3.05, 3.63) is 203 Å². The Bertz CT molecular complexity index is 1780. The van der Waals surface area contributed by atoms with Gasteiger partial charge >= 0.3 is 0 Å². The number of ether oxygens (including phenoxy) is 1. The van der Waals surface area contributed by atoms with Crippen LogP contribution in [0.25, 0.3) is 11.1 Å². The molecule has 6 aromatic carbocycles. The Morgan fingerprint density at radius 1 is 0.426 bits per heavy atom. The first-order valence-electron chi connectivity index (χ1n) is 23.8. The second-order valence-electron chi connectivity index (χ2n) is 14.8. The monoisotopic (exact) mass is 823 g/mol. The molecule has 0 aliphatic carbocycles. The van der Waals surface area contributed by atoms with Gasteiger partial charge in [-0.25, -0.2) is 0 Å². The molecule has 6 aromatic rings. The molecule has 0 spiro atoms. The Morgan fingerprint density at radius 3 is 1.18 bits per heavy atom. The van der Waals surface area contributed by atoms with Crippen molar-refractivity contribution >= 4 is 0 Å². The fourth-order valence-corrected chi connectivity index (χ4v) is 7.42. The molecule has 1 heterocycles. The van der Waals surface area contributed by atoms with Gasteiger partial charge in [0.05, 0.1) is 13.2 Å². The summed E-state index contributed by atoms with van der Waals surface area (Å²) in [5, 5.41) is 0. The van der Waals surface area contributed by atoms with Gasteiger partial charge in [0.2, 0.25) is 0 Å². The van der Waals surface area contributed by atoms with E-state index in [0.29, 0.717) is 42.8 Å². The van der Waals surface area contributed by atoms with E-state index in [1.165, 1.54) is 50.1 Å². The van der Waals surface area contributed by atoms with Crippen LogP contribution in [-0.4, -0.2) is 0 Å². The number of hydrogen-bond acceptors (Lipinski definition) is 1. The lowest BCUT2D eigenvalue weighted by Gasteiger charge is -2.29. The highest BCUT2D eigenvalue weighted by Crippen LogP contribution is 2.38. The molecular formula is C60H86O. The summed E-state index contributed by atoms with van der Waals surface area (Å²) < 4.78 is 5.86. The standard InChI is InChI=1S/C18H20O.2C16H18.5C2H6/c1-13(2)18-16-9-5-3-7-14(16)11-19-12-15-8-4-6-10-17(15)18;1-13(2)16(14-9-5-3-6-10-14)15-11-7-4-8-12-15;1-13(2)12-15-10-6-7-11-16(15)14-8-4-3-5-9-14;5*1-2/h3-10,13,18H,11-12H2,1-2H3;3-13,16H,1-2H3;3-11,13H,12H2,1-2H3;5*1-2H3. The van der Waals surface area contributed by atoms with Gasteiger partial charge in [-0.3, -0.25) is 0 Å². The Hall–Kier alpha value is -4.72. The quantitative estimate of drug-likeness (QED) is 0.156. The fraction of sp³-hybridized carbons (Fsp3) is 0.400. The Labute approximate surface area is 377 Å². The zero-order valence-corrected chi connectivity index (χ0v) is 41.5. The molecule has 0 fully saturated rings. The summed E-state index contributed by atoms with van der Waals surface area (Å²) in [4.78, 5) is 0.